The third-order valence-corrected chi connectivity index (χ3v) is 4.42. The van der Waals surface area contributed by atoms with E-state index in [9.17, 15) is 5.11 Å². The van der Waals surface area contributed by atoms with Gasteiger partial charge in [0.25, 0.3) is 0 Å². The van der Waals surface area contributed by atoms with Gasteiger partial charge in [0.15, 0.2) is 0 Å². The van der Waals surface area contributed by atoms with E-state index in [-0.39, 0.29) is 15.0 Å². The fraction of sp³-hybridized carbons (Fsp3) is 0.538. The number of rotatable bonds is 1. The largest absolute Gasteiger partial charge is 0.391 e. The molecule has 1 aliphatic heterocycles. The summed E-state index contributed by atoms with van der Waals surface area (Å²) in [7, 11) is 0. The second-order valence-electron chi connectivity index (χ2n) is 5.31. The highest BCUT2D eigenvalue weighted by atomic mass is 16.3. The number of aromatic nitrogens is 3. The monoisotopic (exact) mass is 248 g/mol. The van der Waals surface area contributed by atoms with Gasteiger partial charge in [0.05, 0.1) is 17.5 Å². The number of H-pyrrole nitrogens is 1. The van der Waals surface area contributed by atoms with Crippen molar-refractivity contribution in [2.45, 2.75) is 31.4 Å². The van der Waals surface area contributed by atoms with Gasteiger partial charge in [0.1, 0.15) is 17.8 Å². The molecular weight excluding hydrogens is 228 g/mol. The number of hydrogen-bond donors (Lipinski definition) is 2. The smallest absolute Gasteiger partial charge is 0.142 e. The second kappa shape index (κ2) is 3.68. The molecule has 3 heterocycles. The zero-order valence-corrected chi connectivity index (χ0v) is 10.1. The summed E-state index contributed by atoms with van der Waals surface area (Å²) in [5.74, 6) is 1.60. The molecule has 2 N–H and O–H groups in total. The number of aromatic amines is 1. The number of fused-ring (bicyclic) bond motifs is 2. The van der Waals surface area contributed by atoms with E-state index in [2.05, 4.69) is 19.9 Å². The van der Waals surface area contributed by atoms with Crippen molar-refractivity contribution in [3.8, 4) is 0 Å². The molecule has 1 aliphatic carbocycles. The van der Waals surface area contributed by atoms with Crippen molar-refractivity contribution in [1.29, 1.82) is 0 Å². The molecule has 0 spiro atoms. The van der Waals surface area contributed by atoms with Crippen LogP contribution in [-0.4, -0.2) is 38.7 Å². The van der Waals surface area contributed by atoms with Gasteiger partial charge in [-0.2, -0.15) is 0 Å². The van der Waals surface area contributed by atoms with Crippen molar-refractivity contribution in [2.75, 3.05) is 11.4 Å². The number of aliphatic hydroxyl groups is 1. The maximum Gasteiger partial charge on any atom is 0.142 e. The van der Waals surface area contributed by atoms with Gasteiger partial charge in [-0.15, -0.1) is 0 Å². The van der Waals surface area contributed by atoms with Crippen LogP contribution in [0.2, 0.25) is 0 Å². The molecule has 2 aliphatic rings. The summed E-state index contributed by atoms with van der Waals surface area (Å²) in [6.07, 6.45) is 6.51. The Bertz CT molecular complexity index is 591. The number of nitrogens with one attached hydrogen (secondary N) is 1. The SMILES string of the molecule is O[C@H]1CC[C@@H]2CCN(c3ncnc4[nH]ccc34)[C@@H]21.[HH].[HH]. The van der Waals surface area contributed by atoms with Crippen LogP contribution in [0.15, 0.2) is 18.6 Å². The van der Waals surface area contributed by atoms with Crippen LogP contribution in [0.1, 0.15) is 22.1 Å². The van der Waals surface area contributed by atoms with Crippen molar-refractivity contribution in [3.05, 3.63) is 18.6 Å². The Hall–Kier alpha value is -1.62. The maximum absolute atomic E-state index is 10.2. The minimum Gasteiger partial charge on any atom is -0.391 e. The lowest BCUT2D eigenvalue weighted by atomic mass is 10.0. The molecule has 0 amide bonds. The van der Waals surface area contributed by atoms with Crippen molar-refractivity contribution in [2.24, 2.45) is 5.92 Å². The molecule has 1 saturated heterocycles. The summed E-state index contributed by atoms with van der Waals surface area (Å²) in [4.78, 5) is 14.1. The van der Waals surface area contributed by atoms with Crippen LogP contribution in [-0.2, 0) is 0 Å². The molecule has 98 valence electrons. The van der Waals surface area contributed by atoms with E-state index >= 15 is 0 Å². The fourth-order valence-corrected chi connectivity index (χ4v) is 3.61. The molecule has 2 aromatic rings. The summed E-state index contributed by atoms with van der Waals surface area (Å²) in [5, 5.41) is 11.2. The third-order valence-electron chi connectivity index (χ3n) is 4.42. The van der Waals surface area contributed by atoms with Crippen molar-refractivity contribution < 1.29 is 7.96 Å². The van der Waals surface area contributed by atoms with Gasteiger partial charge in [0.2, 0.25) is 0 Å². The maximum atomic E-state index is 10.2. The summed E-state index contributed by atoms with van der Waals surface area (Å²) in [5.41, 5.74) is 0.871. The fourth-order valence-electron chi connectivity index (χ4n) is 3.61. The minimum absolute atomic E-state index is 0. The minimum atomic E-state index is -0.207. The summed E-state index contributed by atoms with van der Waals surface area (Å²) in [6, 6.07) is 2.26. The van der Waals surface area contributed by atoms with Crippen LogP contribution >= 0.6 is 0 Å². The van der Waals surface area contributed by atoms with Crippen molar-refractivity contribution in [3.63, 3.8) is 0 Å². The molecule has 4 rings (SSSR count). The van der Waals surface area contributed by atoms with Gasteiger partial charge in [0, 0.05) is 15.6 Å². The first-order chi connectivity index (χ1) is 8.84. The molecule has 2 aromatic heterocycles. The average molecular weight is 248 g/mol. The van der Waals surface area contributed by atoms with Crippen molar-refractivity contribution >= 4 is 16.9 Å². The van der Waals surface area contributed by atoms with E-state index in [0.29, 0.717) is 5.92 Å². The Morgan fingerprint density at radius 1 is 1.33 bits per heavy atom. The van der Waals surface area contributed by atoms with Crippen LogP contribution < -0.4 is 4.90 Å². The summed E-state index contributed by atoms with van der Waals surface area (Å²) >= 11 is 0. The lowest BCUT2D eigenvalue weighted by Crippen LogP contribution is -2.38. The zero-order valence-electron chi connectivity index (χ0n) is 10.1. The van der Waals surface area contributed by atoms with E-state index in [1.807, 2.05) is 12.3 Å². The quantitative estimate of drug-likeness (QED) is 0.807. The van der Waals surface area contributed by atoms with Crippen LogP contribution in [0.3, 0.4) is 0 Å². The molecular formula is C13H20N4O. The molecule has 0 bridgehead atoms. The first-order valence-corrected chi connectivity index (χ1v) is 6.57. The highest BCUT2D eigenvalue weighted by Gasteiger charge is 2.44. The predicted molar refractivity (Wildman–Crippen MR) is 72.6 cm³/mol. The molecule has 0 unspecified atom stereocenters. The zero-order chi connectivity index (χ0) is 12.1. The Labute approximate surface area is 108 Å². The number of nitrogens with zero attached hydrogens (tertiary/aromatic N) is 3. The van der Waals surface area contributed by atoms with Gasteiger partial charge in [-0.1, -0.05) is 0 Å². The van der Waals surface area contributed by atoms with Crippen molar-refractivity contribution in [1.82, 2.24) is 15.0 Å². The van der Waals surface area contributed by atoms with Gasteiger partial charge in [-0.25, -0.2) is 9.97 Å². The molecule has 5 heteroatoms. The number of anilines is 1. The second-order valence-corrected chi connectivity index (χ2v) is 5.31. The van der Waals surface area contributed by atoms with Crippen LogP contribution in [0.5, 0.6) is 0 Å². The lowest BCUT2D eigenvalue weighted by Gasteiger charge is -2.28. The first kappa shape index (κ1) is 10.3. The van der Waals surface area contributed by atoms with E-state index in [0.717, 1.165) is 42.7 Å². The summed E-state index contributed by atoms with van der Waals surface area (Å²) in [6.45, 7) is 0.990. The van der Waals surface area contributed by atoms with Gasteiger partial charge >= 0.3 is 0 Å². The Morgan fingerprint density at radius 3 is 3.22 bits per heavy atom. The Morgan fingerprint density at radius 2 is 2.28 bits per heavy atom. The van der Waals surface area contributed by atoms with Gasteiger partial charge < -0.3 is 15.0 Å². The summed E-state index contributed by atoms with van der Waals surface area (Å²) < 4.78 is 0. The molecule has 2 fully saturated rings. The Kier molecular flexibility index (Phi) is 2.11. The molecule has 18 heavy (non-hydrogen) atoms. The Balaban J connectivity index is 0.000000735. The average Bonchev–Trinajstić information content (AvgIpc) is 3.06. The molecule has 5 nitrogen and oxygen atoms in total. The van der Waals surface area contributed by atoms with Crippen LogP contribution in [0.4, 0.5) is 5.82 Å². The van der Waals surface area contributed by atoms with Crippen LogP contribution in [0, 0.1) is 5.92 Å². The normalized spacial score (nSPS) is 31.2. The predicted octanol–water partition coefficient (Wildman–Crippen LogP) is 1.80. The first-order valence-electron chi connectivity index (χ1n) is 6.57. The highest BCUT2D eigenvalue weighted by molar-refractivity contribution is 5.87. The molecule has 0 aromatic carbocycles. The van der Waals surface area contributed by atoms with E-state index < -0.39 is 0 Å². The molecule has 1 saturated carbocycles. The van der Waals surface area contributed by atoms with E-state index in [1.54, 1.807) is 6.33 Å². The number of aliphatic hydroxyl groups excluding tert-OH is 1. The number of hydrogen-bond acceptors (Lipinski definition) is 4. The molecule has 3 atom stereocenters. The highest BCUT2D eigenvalue weighted by Crippen LogP contribution is 2.41. The van der Waals surface area contributed by atoms with Gasteiger partial charge in [-0.3, -0.25) is 0 Å². The third kappa shape index (κ3) is 1.31. The molecule has 0 radical (unpaired) electrons. The van der Waals surface area contributed by atoms with E-state index in [1.165, 1.54) is 0 Å². The standard InChI is InChI=1S/C13H16N4O.2H2/c18-10-2-1-8-4-6-17(11(8)10)13-9-3-5-14-12(9)15-7-16-13;;/h3,5,7-8,10-11,18H,1-2,4,6H2,(H,14,15,16);2*1H/t8-,10+,11+;;/m1../s1. The lowest BCUT2D eigenvalue weighted by molar-refractivity contribution is 0.160. The topological polar surface area (TPSA) is 65.0 Å². The van der Waals surface area contributed by atoms with E-state index in [4.69, 9.17) is 0 Å². The van der Waals surface area contributed by atoms with Gasteiger partial charge in [-0.05, 0) is 31.2 Å². The van der Waals surface area contributed by atoms with Crippen LogP contribution in [0.25, 0.3) is 11.0 Å².